The van der Waals surface area contributed by atoms with Crippen LogP contribution in [0.3, 0.4) is 0 Å². The van der Waals surface area contributed by atoms with Gasteiger partial charge in [-0.05, 0) is 13.8 Å². The first kappa shape index (κ1) is 29.2. The molecule has 0 bridgehead atoms. The van der Waals surface area contributed by atoms with Crippen molar-refractivity contribution in [3.05, 3.63) is 0 Å². The fourth-order valence-corrected chi connectivity index (χ4v) is 0. The van der Waals surface area contributed by atoms with Gasteiger partial charge >= 0.3 is 23.1 Å². The van der Waals surface area contributed by atoms with Crippen LogP contribution in [0.25, 0.3) is 0 Å². The quantitative estimate of drug-likeness (QED) is 0.417. The van der Waals surface area contributed by atoms with Gasteiger partial charge in [0.2, 0.25) is 0 Å². The van der Waals surface area contributed by atoms with Crippen molar-refractivity contribution >= 4 is 41.0 Å². The first-order chi connectivity index (χ1) is 5.20. The minimum Gasteiger partial charge on any atom is -0.550 e. The Bertz CT molecular complexity index is 116. The molecule has 0 aliphatic carbocycles. The van der Waals surface area contributed by atoms with Gasteiger partial charge in [-0.3, -0.25) is 4.79 Å². The zero-order chi connectivity index (χ0) is 10.7. The molecule has 0 aromatic rings. The number of carbonyl (C=O) groups is 3. The van der Waals surface area contributed by atoms with Crippen molar-refractivity contribution in [2.75, 3.05) is 0 Å². The molecule has 0 aromatic heterocycles. The molecule has 0 heterocycles. The average Bonchev–Trinajstić information content (AvgIpc) is 1.54. The van der Waals surface area contributed by atoms with E-state index < -0.39 is 17.9 Å². The molecule has 0 aromatic carbocycles. The molecule has 0 saturated carbocycles. The minimum atomic E-state index is -1.08. The van der Waals surface area contributed by atoms with E-state index >= 15 is 0 Å². The van der Waals surface area contributed by atoms with Crippen molar-refractivity contribution < 1.29 is 35.2 Å². The van der Waals surface area contributed by atoms with E-state index in [1.54, 1.807) is 0 Å². The Labute approximate surface area is 97.2 Å². The number of aliphatic carboxylic acids is 3. The predicted octanol–water partition coefficient (Wildman–Crippen LogP) is -3.60. The molecule has 7 nitrogen and oxygen atoms in total. The van der Waals surface area contributed by atoms with Crippen molar-refractivity contribution in [1.82, 2.24) is 0 Å². The maximum atomic E-state index is 9.00. The summed E-state index contributed by atoms with van der Waals surface area (Å²) < 4.78 is 0. The Morgan fingerprint density at radius 1 is 0.929 bits per heavy atom. The molecule has 0 rings (SSSR count). The van der Waals surface area contributed by atoms with Crippen LogP contribution in [0.4, 0.5) is 0 Å². The largest absolute Gasteiger partial charge is 2.00 e. The zero-order valence-corrected chi connectivity index (χ0v) is 9.61. The first-order valence-corrected chi connectivity index (χ1v) is 2.74. The van der Waals surface area contributed by atoms with Gasteiger partial charge in [0.15, 0.2) is 0 Å². The summed E-state index contributed by atoms with van der Waals surface area (Å²) in [4.78, 5) is 26.8. The van der Waals surface area contributed by atoms with E-state index in [0.717, 1.165) is 20.8 Å². The molecule has 0 aliphatic rings. The van der Waals surface area contributed by atoms with Crippen LogP contribution in [0, 0.1) is 0 Å². The van der Waals surface area contributed by atoms with E-state index in [2.05, 4.69) is 0 Å². The Morgan fingerprint density at radius 3 is 0.929 bits per heavy atom. The van der Waals surface area contributed by atoms with Crippen LogP contribution in [0.2, 0.25) is 0 Å². The molecule has 0 amide bonds. The van der Waals surface area contributed by atoms with Gasteiger partial charge in [0.25, 0.3) is 5.97 Å². The summed E-state index contributed by atoms with van der Waals surface area (Å²) in [6.45, 7) is 3.03. The van der Waals surface area contributed by atoms with Crippen molar-refractivity contribution in [3.63, 3.8) is 0 Å². The SMILES string of the molecule is CC(=O)O.CC(=O)[O-].CC(=O)[O-].O.[Mg+2]. The molecular formula is C6H12MgO7. The molecule has 0 fully saturated rings. The fraction of sp³-hybridized carbons (Fsp3) is 0.500. The van der Waals surface area contributed by atoms with Crippen LogP contribution in [-0.4, -0.2) is 51.5 Å². The van der Waals surface area contributed by atoms with Gasteiger partial charge in [0.05, 0.1) is 0 Å². The van der Waals surface area contributed by atoms with Crippen LogP contribution >= 0.6 is 0 Å². The second-order valence-electron chi connectivity index (χ2n) is 1.50. The van der Waals surface area contributed by atoms with Crippen molar-refractivity contribution in [1.29, 1.82) is 0 Å². The van der Waals surface area contributed by atoms with Crippen LogP contribution in [0.5, 0.6) is 0 Å². The number of carboxylic acid groups (broad SMARTS) is 3. The van der Waals surface area contributed by atoms with E-state index in [1.807, 2.05) is 0 Å². The number of rotatable bonds is 0. The van der Waals surface area contributed by atoms with E-state index in [-0.39, 0.29) is 28.5 Å². The van der Waals surface area contributed by atoms with Crippen LogP contribution in [0.15, 0.2) is 0 Å². The van der Waals surface area contributed by atoms with Crippen molar-refractivity contribution in [3.8, 4) is 0 Å². The minimum absolute atomic E-state index is 0. The second-order valence-corrected chi connectivity index (χ2v) is 1.50. The molecular weight excluding hydrogens is 208 g/mol. The van der Waals surface area contributed by atoms with Crippen LogP contribution in [-0.2, 0) is 14.4 Å². The maximum absolute atomic E-state index is 9.00. The van der Waals surface area contributed by atoms with Gasteiger partial charge in [-0.15, -0.1) is 0 Å². The third kappa shape index (κ3) is 1530. The summed E-state index contributed by atoms with van der Waals surface area (Å²) in [5.41, 5.74) is 0. The predicted molar refractivity (Wildman–Crippen MR) is 44.0 cm³/mol. The van der Waals surface area contributed by atoms with Crippen LogP contribution < -0.4 is 10.2 Å². The van der Waals surface area contributed by atoms with Crippen molar-refractivity contribution in [2.45, 2.75) is 20.8 Å². The van der Waals surface area contributed by atoms with Gasteiger partial charge in [-0.25, -0.2) is 0 Å². The Kier molecular flexibility index (Phi) is 47.5. The van der Waals surface area contributed by atoms with Gasteiger partial charge in [0, 0.05) is 18.9 Å². The molecule has 0 saturated heterocycles. The number of carbonyl (C=O) groups excluding carboxylic acids is 2. The standard InChI is InChI=1S/3C2H4O2.Mg.H2O/c3*1-2(3)4;;/h3*1H3,(H,3,4);;1H2/q;;;+2;/p-2. The number of hydrogen-bond donors (Lipinski definition) is 1. The molecule has 80 valence electrons. The van der Waals surface area contributed by atoms with Gasteiger partial charge < -0.3 is 30.4 Å². The van der Waals surface area contributed by atoms with Gasteiger partial charge in [0.1, 0.15) is 0 Å². The average molecular weight is 220 g/mol. The summed E-state index contributed by atoms with van der Waals surface area (Å²) in [6, 6.07) is 0. The number of hydrogen-bond acceptors (Lipinski definition) is 5. The van der Waals surface area contributed by atoms with E-state index in [0.29, 0.717) is 0 Å². The monoisotopic (exact) mass is 220 g/mol. The van der Waals surface area contributed by atoms with Crippen molar-refractivity contribution in [2.24, 2.45) is 0 Å². The molecule has 14 heavy (non-hydrogen) atoms. The Balaban J connectivity index is -0.0000000270. The van der Waals surface area contributed by atoms with E-state index in [4.69, 9.17) is 29.7 Å². The topological polar surface area (TPSA) is 149 Å². The summed E-state index contributed by atoms with van der Waals surface area (Å²) >= 11 is 0. The zero-order valence-electron chi connectivity index (χ0n) is 8.20. The third-order valence-corrected chi connectivity index (χ3v) is 0. The first-order valence-electron chi connectivity index (χ1n) is 2.74. The fourth-order valence-electron chi connectivity index (χ4n) is 0. The maximum Gasteiger partial charge on any atom is 2.00 e. The van der Waals surface area contributed by atoms with E-state index in [9.17, 15) is 0 Å². The van der Waals surface area contributed by atoms with Gasteiger partial charge in [-0.1, -0.05) is 0 Å². The molecule has 3 N–H and O–H groups in total. The second kappa shape index (κ2) is 22.7. The Morgan fingerprint density at radius 2 is 0.929 bits per heavy atom. The molecule has 0 aliphatic heterocycles. The normalized spacial score (nSPS) is 5.36. The summed E-state index contributed by atoms with van der Waals surface area (Å²) in [6.07, 6.45) is 0. The molecule has 0 spiro atoms. The summed E-state index contributed by atoms with van der Waals surface area (Å²) in [5.74, 6) is -3.00. The smallest absolute Gasteiger partial charge is 0.550 e. The van der Waals surface area contributed by atoms with E-state index in [1.165, 1.54) is 0 Å². The van der Waals surface area contributed by atoms with Crippen LogP contribution in [0.1, 0.15) is 20.8 Å². The summed E-state index contributed by atoms with van der Waals surface area (Å²) in [7, 11) is 0. The van der Waals surface area contributed by atoms with Gasteiger partial charge in [-0.2, -0.15) is 0 Å². The molecule has 0 unspecified atom stereocenters. The summed E-state index contributed by atoms with van der Waals surface area (Å²) in [5, 5.41) is 25.2. The number of carboxylic acids is 3. The third-order valence-electron chi connectivity index (χ3n) is 0. The molecule has 8 heteroatoms. The Hall–Kier alpha value is -0.864. The molecule has 0 atom stereocenters. The molecule has 0 radical (unpaired) electrons.